The van der Waals surface area contributed by atoms with Gasteiger partial charge in [-0.05, 0) is 40.9 Å². The van der Waals surface area contributed by atoms with E-state index in [0.717, 1.165) is 0 Å². The molecule has 2 heterocycles. The molecule has 8 heteroatoms. The fourth-order valence-electron chi connectivity index (χ4n) is 2.76. The van der Waals surface area contributed by atoms with E-state index in [1.54, 1.807) is 17.0 Å². The van der Waals surface area contributed by atoms with Crippen LogP contribution in [-0.4, -0.2) is 47.5 Å². The highest BCUT2D eigenvalue weighted by molar-refractivity contribution is 9.10. The Hall–Kier alpha value is -2.09. The normalized spacial score (nSPS) is 18.0. The largest absolute Gasteiger partial charge is 0.482 e. The molecule has 1 fully saturated rings. The first-order valence-corrected chi connectivity index (χ1v) is 8.03. The van der Waals surface area contributed by atoms with Crippen molar-refractivity contribution in [3.63, 3.8) is 0 Å². The third kappa shape index (κ3) is 3.17. The third-order valence-corrected chi connectivity index (χ3v) is 4.72. The number of aliphatic carboxylic acids is 1. The van der Waals surface area contributed by atoms with Crippen LogP contribution >= 0.6 is 15.9 Å². The number of nitrogens with zero attached hydrogens (tertiary/aromatic N) is 1. The van der Waals surface area contributed by atoms with Crippen molar-refractivity contribution in [2.24, 2.45) is 5.92 Å². The molecule has 23 heavy (non-hydrogen) atoms. The molecule has 0 bridgehead atoms. The maximum absolute atomic E-state index is 12.7. The predicted octanol–water partition coefficient (Wildman–Crippen LogP) is 1.72. The van der Waals surface area contributed by atoms with Crippen molar-refractivity contribution in [2.75, 3.05) is 25.0 Å². The summed E-state index contributed by atoms with van der Waals surface area (Å²) in [5.74, 6) is -1.15. The van der Waals surface area contributed by atoms with E-state index in [9.17, 15) is 14.4 Å². The van der Waals surface area contributed by atoms with Crippen molar-refractivity contribution in [1.82, 2.24) is 4.90 Å². The maximum Gasteiger partial charge on any atom is 0.306 e. The number of carboxylic acid groups (broad SMARTS) is 1. The molecule has 0 spiro atoms. The number of anilines is 1. The molecule has 1 aromatic carbocycles. The van der Waals surface area contributed by atoms with Crippen LogP contribution in [0.25, 0.3) is 0 Å². The SMILES string of the molecule is O=C1COc2cc(C(=O)N3CCC(C(=O)O)CC3)c(Br)cc2N1. The maximum atomic E-state index is 12.7. The molecule has 1 aromatic rings. The number of nitrogens with one attached hydrogen (secondary N) is 1. The summed E-state index contributed by atoms with van der Waals surface area (Å²) in [7, 11) is 0. The van der Waals surface area contributed by atoms with E-state index < -0.39 is 5.97 Å². The first-order chi connectivity index (χ1) is 11.0. The van der Waals surface area contributed by atoms with Gasteiger partial charge in [0.15, 0.2) is 6.61 Å². The molecular weight excluding hydrogens is 368 g/mol. The van der Waals surface area contributed by atoms with Gasteiger partial charge in [-0.1, -0.05) is 0 Å². The minimum atomic E-state index is -0.809. The smallest absolute Gasteiger partial charge is 0.306 e. The van der Waals surface area contributed by atoms with E-state index in [0.29, 0.717) is 47.4 Å². The number of hydrogen-bond donors (Lipinski definition) is 2. The summed E-state index contributed by atoms with van der Waals surface area (Å²) >= 11 is 3.35. The summed E-state index contributed by atoms with van der Waals surface area (Å²) in [5, 5.41) is 11.7. The Kier molecular flexibility index (Phi) is 4.25. The van der Waals surface area contributed by atoms with E-state index in [1.807, 2.05) is 0 Å². The van der Waals surface area contributed by atoms with Gasteiger partial charge in [0, 0.05) is 17.6 Å². The molecule has 2 aliphatic heterocycles. The Morgan fingerprint density at radius 3 is 2.65 bits per heavy atom. The summed E-state index contributed by atoms with van der Waals surface area (Å²) in [6.45, 7) is 0.750. The molecule has 2 amide bonds. The molecule has 0 atom stereocenters. The van der Waals surface area contributed by atoms with E-state index >= 15 is 0 Å². The summed E-state index contributed by atoms with van der Waals surface area (Å²) in [6, 6.07) is 3.24. The van der Waals surface area contributed by atoms with E-state index in [-0.39, 0.29) is 24.3 Å². The van der Waals surface area contributed by atoms with Crippen LogP contribution in [0, 0.1) is 5.92 Å². The second-order valence-corrected chi connectivity index (χ2v) is 6.42. The van der Waals surface area contributed by atoms with E-state index in [4.69, 9.17) is 9.84 Å². The van der Waals surface area contributed by atoms with Crippen LogP contribution in [0.4, 0.5) is 5.69 Å². The fourth-order valence-corrected chi connectivity index (χ4v) is 3.28. The molecule has 0 saturated carbocycles. The molecule has 1 saturated heterocycles. The van der Waals surface area contributed by atoms with Crippen LogP contribution in [0.15, 0.2) is 16.6 Å². The van der Waals surface area contributed by atoms with Crippen LogP contribution in [0.5, 0.6) is 5.75 Å². The molecule has 0 aromatic heterocycles. The number of amides is 2. The zero-order valence-electron chi connectivity index (χ0n) is 12.2. The van der Waals surface area contributed by atoms with Crippen LogP contribution < -0.4 is 10.1 Å². The van der Waals surface area contributed by atoms with Gasteiger partial charge in [-0.3, -0.25) is 14.4 Å². The summed E-state index contributed by atoms with van der Waals surface area (Å²) in [4.78, 5) is 36.6. The van der Waals surface area contributed by atoms with Gasteiger partial charge in [0.2, 0.25) is 0 Å². The van der Waals surface area contributed by atoms with Gasteiger partial charge in [0.25, 0.3) is 11.8 Å². The highest BCUT2D eigenvalue weighted by Crippen LogP contribution is 2.34. The van der Waals surface area contributed by atoms with Crippen molar-refractivity contribution >= 4 is 39.4 Å². The monoisotopic (exact) mass is 382 g/mol. The van der Waals surface area contributed by atoms with Gasteiger partial charge in [-0.15, -0.1) is 0 Å². The van der Waals surface area contributed by atoms with Gasteiger partial charge in [0.05, 0.1) is 17.2 Å². The minimum Gasteiger partial charge on any atom is -0.482 e. The Bertz CT molecular complexity index is 683. The number of halogens is 1. The Morgan fingerprint density at radius 1 is 1.30 bits per heavy atom. The molecule has 3 rings (SSSR count). The fraction of sp³-hybridized carbons (Fsp3) is 0.400. The Balaban J connectivity index is 1.78. The number of piperidine rings is 1. The highest BCUT2D eigenvalue weighted by atomic mass is 79.9. The lowest BCUT2D eigenvalue weighted by atomic mass is 9.96. The molecule has 2 N–H and O–H groups in total. The molecule has 0 unspecified atom stereocenters. The molecule has 7 nitrogen and oxygen atoms in total. The van der Waals surface area contributed by atoms with Gasteiger partial charge in [-0.25, -0.2) is 0 Å². The molecule has 0 radical (unpaired) electrons. The summed E-state index contributed by atoms with van der Waals surface area (Å²) in [5.41, 5.74) is 0.961. The van der Waals surface area contributed by atoms with Crippen LogP contribution in [0.2, 0.25) is 0 Å². The zero-order chi connectivity index (χ0) is 16.6. The third-order valence-electron chi connectivity index (χ3n) is 4.06. The van der Waals surface area contributed by atoms with E-state index in [1.165, 1.54) is 0 Å². The first-order valence-electron chi connectivity index (χ1n) is 7.24. The molecule has 0 aliphatic carbocycles. The average Bonchev–Trinajstić information content (AvgIpc) is 2.53. The predicted molar refractivity (Wildman–Crippen MR) is 84.5 cm³/mol. The quantitative estimate of drug-likeness (QED) is 0.811. The van der Waals surface area contributed by atoms with Crippen molar-refractivity contribution in [3.05, 3.63) is 22.2 Å². The van der Waals surface area contributed by atoms with Crippen LogP contribution in [-0.2, 0) is 9.59 Å². The number of carboxylic acids is 1. The Morgan fingerprint density at radius 2 is 2.00 bits per heavy atom. The average molecular weight is 383 g/mol. The van der Waals surface area contributed by atoms with Crippen molar-refractivity contribution < 1.29 is 24.2 Å². The number of fused-ring (bicyclic) bond motifs is 1. The van der Waals surface area contributed by atoms with Crippen molar-refractivity contribution in [1.29, 1.82) is 0 Å². The Labute approximate surface area is 140 Å². The van der Waals surface area contributed by atoms with Gasteiger partial charge < -0.3 is 20.1 Å². The zero-order valence-corrected chi connectivity index (χ0v) is 13.8. The van der Waals surface area contributed by atoms with Crippen molar-refractivity contribution in [2.45, 2.75) is 12.8 Å². The number of carbonyl (C=O) groups excluding carboxylic acids is 2. The molecule has 2 aliphatic rings. The second-order valence-electron chi connectivity index (χ2n) is 5.57. The van der Waals surface area contributed by atoms with Gasteiger partial charge in [-0.2, -0.15) is 0 Å². The molecule has 122 valence electrons. The highest BCUT2D eigenvalue weighted by Gasteiger charge is 2.29. The second kappa shape index (κ2) is 6.19. The lowest BCUT2D eigenvalue weighted by molar-refractivity contribution is -0.143. The topological polar surface area (TPSA) is 95.9 Å². The summed E-state index contributed by atoms with van der Waals surface area (Å²) < 4.78 is 5.90. The number of hydrogen-bond acceptors (Lipinski definition) is 4. The summed E-state index contributed by atoms with van der Waals surface area (Å²) in [6.07, 6.45) is 0.909. The van der Waals surface area contributed by atoms with Crippen molar-refractivity contribution in [3.8, 4) is 5.75 Å². The lowest BCUT2D eigenvalue weighted by Gasteiger charge is -2.30. The van der Waals surface area contributed by atoms with E-state index in [2.05, 4.69) is 21.2 Å². The minimum absolute atomic E-state index is 0.0771. The number of ether oxygens (including phenoxy) is 1. The van der Waals surface area contributed by atoms with Gasteiger partial charge in [0.1, 0.15) is 5.75 Å². The standard InChI is InChI=1S/C15H15BrN2O5/c16-10-6-11-12(23-7-13(19)17-11)5-9(10)14(20)18-3-1-8(2-4-18)15(21)22/h5-6,8H,1-4,7H2,(H,17,19)(H,21,22). The lowest BCUT2D eigenvalue weighted by Crippen LogP contribution is -2.40. The number of likely N-dealkylation sites (tertiary alicyclic amines) is 1. The molecular formula is C15H15BrN2O5. The first kappa shape index (κ1) is 15.8. The van der Waals surface area contributed by atoms with Gasteiger partial charge >= 0.3 is 5.97 Å². The number of carbonyl (C=O) groups is 3. The number of benzene rings is 1. The van der Waals surface area contributed by atoms with Crippen LogP contribution in [0.1, 0.15) is 23.2 Å². The number of rotatable bonds is 2. The van der Waals surface area contributed by atoms with Crippen LogP contribution in [0.3, 0.4) is 0 Å².